The maximum Gasteiger partial charge on any atom is 0.248 e. The first kappa shape index (κ1) is 18.7. The number of rotatable bonds is 5. The molecule has 2 N–H and O–H groups in total. The Kier molecular flexibility index (Phi) is 5.18. The molecule has 4 rings (SSSR count). The molecule has 0 aliphatic carbocycles. The molecule has 28 heavy (non-hydrogen) atoms. The fraction of sp³-hybridized carbons (Fsp3) is 0.348. The highest BCUT2D eigenvalue weighted by Crippen LogP contribution is 2.31. The van der Waals surface area contributed by atoms with Gasteiger partial charge in [-0.25, -0.2) is 4.39 Å². The number of likely N-dealkylation sites (tertiary alicyclic amines) is 1. The number of carbonyl (C=O) groups is 1. The Morgan fingerprint density at radius 1 is 1.11 bits per heavy atom. The highest BCUT2D eigenvalue weighted by molar-refractivity contribution is 5.97. The van der Waals surface area contributed by atoms with Crippen molar-refractivity contribution in [1.82, 2.24) is 9.47 Å². The second-order valence-corrected chi connectivity index (χ2v) is 7.74. The molecule has 0 atom stereocenters. The lowest BCUT2D eigenvalue weighted by Crippen LogP contribution is -2.36. The number of fused-ring (bicyclic) bond motifs is 1. The fourth-order valence-corrected chi connectivity index (χ4v) is 4.34. The molecular weight excluding hydrogens is 353 g/mol. The lowest BCUT2D eigenvalue weighted by molar-refractivity contribution is 0.100. The van der Waals surface area contributed by atoms with Crippen molar-refractivity contribution in [1.29, 1.82) is 0 Å². The molecule has 146 valence electrons. The van der Waals surface area contributed by atoms with Crippen molar-refractivity contribution in [2.24, 2.45) is 5.73 Å². The number of amides is 1. The zero-order valence-electron chi connectivity index (χ0n) is 16.2. The third-order valence-corrected chi connectivity index (χ3v) is 5.87. The highest BCUT2D eigenvalue weighted by Gasteiger charge is 2.23. The average molecular weight is 379 g/mol. The van der Waals surface area contributed by atoms with Crippen molar-refractivity contribution < 1.29 is 9.18 Å². The molecule has 0 unspecified atom stereocenters. The van der Waals surface area contributed by atoms with E-state index in [1.54, 1.807) is 6.07 Å². The van der Waals surface area contributed by atoms with Crippen LogP contribution in [0.15, 0.2) is 48.5 Å². The Morgan fingerprint density at radius 3 is 2.50 bits per heavy atom. The van der Waals surface area contributed by atoms with E-state index in [9.17, 15) is 9.18 Å². The molecule has 1 aromatic heterocycles. The molecule has 1 aliphatic rings. The minimum atomic E-state index is -0.386. The molecular formula is C23H26FN3O. The summed E-state index contributed by atoms with van der Waals surface area (Å²) in [7, 11) is 0. The summed E-state index contributed by atoms with van der Waals surface area (Å²) in [6.07, 6.45) is 3.10. The zero-order valence-corrected chi connectivity index (χ0v) is 16.2. The molecule has 0 saturated carbocycles. The van der Waals surface area contributed by atoms with Gasteiger partial charge < -0.3 is 15.2 Å². The summed E-state index contributed by atoms with van der Waals surface area (Å²) in [5.74, 6) is -0.568. The number of hydrogen-bond acceptors (Lipinski definition) is 2. The van der Waals surface area contributed by atoms with Gasteiger partial charge in [0.25, 0.3) is 0 Å². The first-order chi connectivity index (χ1) is 13.5. The van der Waals surface area contributed by atoms with Crippen LogP contribution in [0.25, 0.3) is 10.9 Å². The standard InChI is InChI=1S/C23H26FN3O/c1-16-14-18-4-5-19(23(25)28)15-22(18)27(16)21-9-12-26(13-10-21)11-8-17-2-6-20(24)7-3-17/h2-7,14-15,21H,8-13H2,1H3,(H2,25,28). The molecule has 5 heteroatoms. The van der Waals surface area contributed by atoms with Gasteiger partial charge in [0.2, 0.25) is 5.91 Å². The Hall–Kier alpha value is -2.66. The minimum absolute atomic E-state index is 0.182. The van der Waals surface area contributed by atoms with Gasteiger partial charge in [-0.15, -0.1) is 0 Å². The lowest BCUT2D eigenvalue weighted by atomic mass is 10.0. The van der Waals surface area contributed by atoms with Gasteiger partial charge in [-0.1, -0.05) is 18.2 Å². The minimum Gasteiger partial charge on any atom is -0.366 e. The number of halogens is 1. The summed E-state index contributed by atoms with van der Waals surface area (Å²) in [5.41, 5.74) is 9.53. The van der Waals surface area contributed by atoms with Crippen molar-refractivity contribution in [2.45, 2.75) is 32.2 Å². The van der Waals surface area contributed by atoms with Gasteiger partial charge in [0.05, 0.1) is 0 Å². The topological polar surface area (TPSA) is 51.3 Å². The highest BCUT2D eigenvalue weighted by atomic mass is 19.1. The van der Waals surface area contributed by atoms with Crippen molar-refractivity contribution in [3.05, 3.63) is 71.2 Å². The second kappa shape index (κ2) is 7.76. The van der Waals surface area contributed by atoms with Crippen LogP contribution in [0.3, 0.4) is 0 Å². The van der Waals surface area contributed by atoms with E-state index in [4.69, 9.17) is 5.73 Å². The zero-order chi connectivity index (χ0) is 19.7. The van der Waals surface area contributed by atoms with E-state index in [-0.39, 0.29) is 11.7 Å². The molecule has 1 amide bonds. The summed E-state index contributed by atoms with van der Waals surface area (Å²) in [5, 5.41) is 1.15. The number of carbonyl (C=O) groups excluding carboxylic acids is 1. The van der Waals surface area contributed by atoms with Gasteiger partial charge in [0, 0.05) is 42.5 Å². The van der Waals surface area contributed by atoms with E-state index < -0.39 is 0 Å². The molecule has 1 aliphatic heterocycles. The van der Waals surface area contributed by atoms with E-state index in [0.717, 1.165) is 49.8 Å². The van der Waals surface area contributed by atoms with Crippen LogP contribution in [-0.4, -0.2) is 35.0 Å². The molecule has 3 aromatic rings. The second-order valence-electron chi connectivity index (χ2n) is 7.74. The third kappa shape index (κ3) is 3.80. The fourth-order valence-electron chi connectivity index (χ4n) is 4.34. The molecule has 2 aromatic carbocycles. The van der Waals surface area contributed by atoms with Crippen LogP contribution >= 0.6 is 0 Å². The smallest absolute Gasteiger partial charge is 0.248 e. The van der Waals surface area contributed by atoms with E-state index in [0.29, 0.717) is 11.6 Å². The van der Waals surface area contributed by atoms with Crippen LogP contribution in [0.5, 0.6) is 0 Å². The van der Waals surface area contributed by atoms with Crippen molar-refractivity contribution in [2.75, 3.05) is 19.6 Å². The normalized spacial score (nSPS) is 15.9. The van der Waals surface area contributed by atoms with Gasteiger partial charge in [-0.3, -0.25) is 4.79 Å². The monoisotopic (exact) mass is 379 g/mol. The predicted molar refractivity (Wildman–Crippen MR) is 110 cm³/mol. The van der Waals surface area contributed by atoms with Crippen LogP contribution in [0.2, 0.25) is 0 Å². The molecule has 0 radical (unpaired) electrons. The summed E-state index contributed by atoms with van der Waals surface area (Å²) < 4.78 is 15.4. The summed E-state index contributed by atoms with van der Waals surface area (Å²) in [6.45, 7) is 5.21. The van der Waals surface area contributed by atoms with Crippen LogP contribution in [0, 0.1) is 12.7 Å². The predicted octanol–water partition coefficient (Wildman–Crippen LogP) is 4.07. The van der Waals surface area contributed by atoms with E-state index in [1.165, 1.54) is 23.4 Å². The van der Waals surface area contributed by atoms with Crippen molar-refractivity contribution in [3.8, 4) is 0 Å². The Balaban J connectivity index is 1.43. The van der Waals surface area contributed by atoms with E-state index >= 15 is 0 Å². The van der Waals surface area contributed by atoms with Gasteiger partial charge in [-0.05, 0) is 67.5 Å². The molecule has 1 saturated heterocycles. The largest absolute Gasteiger partial charge is 0.366 e. The summed E-state index contributed by atoms with van der Waals surface area (Å²) >= 11 is 0. The average Bonchev–Trinajstić information content (AvgIpc) is 3.03. The molecule has 4 nitrogen and oxygen atoms in total. The molecule has 0 bridgehead atoms. The summed E-state index contributed by atoms with van der Waals surface area (Å²) in [4.78, 5) is 14.1. The van der Waals surface area contributed by atoms with Gasteiger partial charge in [-0.2, -0.15) is 0 Å². The van der Waals surface area contributed by atoms with Crippen LogP contribution in [0.1, 0.15) is 40.5 Å². The maximum absolute atomic E-state index is 13.0. The molecule has 1 fully saturated rings. The first-order valence-corrected chi connectivity index (χ1v) is 9.89. The number of primary amides is 1. The number of hydrogen-bond donors (Lipinski definition) is 1. The Morgan fingerprint density at radius 2 is 1.82 bits per heavy atom. The van der Waals surface area contributed by atoms with E-state index in [2.05, 4.69) is 22.5 Å². The number of nitrogens with zero attached hydrogens (tertiary/aromatic N) is 2. The number of benzene rings is 2. The van der Waals surface area contributed by atoms with Crippen LogP contribution in [0.4, 0.5) is 4.39 Å². The van der Waals surface area contributed by atoms with E-state index in [1.807, 2.05) is 24.3 Å². The quantitative estimate of drug-likeness (QED) is 0.727. The summed E-state index contributed by atoms with van der Waals surface area (Å²) in [6, 6.07) is 15.1. The van der Waals surface area contributed by atoms with Gasteiger partial charge in [0.15, 0.2) is 0 Å². The van der Waals surface area contributed by atoms with Crippen LogP contribution in [-0.2, 0) is 6.42 Å². The number of aromatic nitrogens is 1. The SMILES string of the molecule is Cc1cc2ccc(C(N)=O)cc2n1C1CCN(CCc2ccc(F)cc2)CC1. The number of nitrogens with two attached hydrogens (primary N) is 1. The Labute approximate surface area is 164 Å². The molecule has 0 spiro atoms. The Bertz CT molecular complexity index is 985. The first-order valence-electron chi connectivity index (χ1n) is 9.89. The van der Waals surface area contributed by atoms with Gasteiger partial charge in [0.1, 0.15) is 5.82 Å². The lowest BCUT2D eigenvalue weighted by Gasteiger charge is -2.34. The van der Waals surface area contributed by atoms with Crippen LogP contribution < -0.4 is 5.73 Å². The van der Waals surface area contributed by atoms with Gasteiger partial charge >= 0.3 is 0 Å². The third-order valence-electron chi connectivity index (χ3n) is 5.87. The van der Waals surface area contributed by atoms with Crippen molar-refractivity contribution >= 4 is 16.8 Å². The molecule has 2 heterocycles. The number of piperidine rings is 1. The maximum atomic E-state index is 13.0. The van der Waals surface area contributed by atoms with Crippen molar-refractivity contribution in [3.63, 3.8) is 0 Å². The number of aryl methyl sites for hydroxylation is 1.